The Labute approximate surface area is 85.6 Å². The first-order valence-electron chi connectivity index (χ1n) is 4.45. The number of hydrogen-bond acceptors (Lipinski definition) is 5. The molecule has 1 aromatic rings. The van der Waals surface area contributed by atoms with E-state index in [2.05, 4.69) is 15.2 Å². The Morgan fingerprint density at radius 1 is 1.71 bits per heavy atom. The van der Waals surface area contributed by atoms with Crippen LogP contribution in [-0.2, 0) is 9.53 Å². The summed E-state index contributed by atoms with van der Waals surface area (Å²) in [5, 5.41) is 7.46. The Bertz CT molecular complexity index is 339. The molecule has 2 rings (SSSR count). The summed E-state index contributed by atoms with van der Waals surface area (Å²) in [5.41, 5.74) is 0. The molecule has 1 N–H and O–H groups in total. The fourth-order valence-electron chi connectivity index (χ4n) is 1.25. The van der Waals surface area contributed by atoms with E-state index < -0.39 is 0 Å². The van der Waals surface area contributed by atoms with Gasteiger partial charge in [-0.2, -0.15) is 0 Å². The van der Waals surface area contributed by atoms with Crippen molar-refractivity contribution in [3.05, 3.63) is 5.82 Å². The SMILES string of the molecule is Cc1nc(SCC2CCC(=O)O2)n[nH]1. The molecule has 1 saturated heterocycles. The van der Waals surface area contributed by atoms with Gasteiger partial charge in [-0.15, -0.1) is 5.10 Å². The van der Waals surface area contributed by atoms with E-state index in [1.165, 1.54) is 11.8 Å². The van der Waals surface area contributed by atoms with Gasteiger partial charge in [0.2, 0.25) is 5.16 Å². The second-order valence-electron chi connectivity index (χ2n) is 3.16. The zero-order valence-corrected chi connectivity index (χ0v) is 8.63. The van der Waals surface area contributed by atoms with Gasteiger partial charge in [-0.3, -0.25) is 9.89 Å². The fraction of sp³-hybridized carbons (Fsp3) is 0.625. The first kappa shape index (κ1) is 9.51. The third-order valence-electron chi connectivity index (χ3n) is 1.94. The largest absolute Gasteiger partial charge is 0.461 e. The Balaban J connectivity index is 1.80. The minimum atomic E-state index is -0.0956. The first-order chi connectivity index (χ1) is 6.74. The Morgan fingerprint density at radius 2 is 2.57 bits per heavy atom. The minimum Gasteiger partial charge on any atom is -0.461 e. The van der Waals surface area contributed by atoms with Crippen LogP contribution < -0.4 is 0 Å². The van der Waals surface area contributed by atoms with E-state index in [9.17, 15) is 4.79 Å². The number of esters is 1. The molecule has 0 bridgehead atoms. The molecule has 1 aromatic heterocycles. The number of nitrogens with one attached hydrogen (secondary N) is 1. The normalized spacial score (nSPS) is 21.2. The molecule has 0 amide bonds. The van der Waals surface area contributed by atoms with E-state index >= 15 is 0 Å². The molecule has 0 radical (unpaired) electrons. The molecule has 5 nitrogen and oxygen atoms in total. The molecule has 0 spiro atoms. The van der Waals surface area contributed by atoms with Gasteiger partial charge in [0.25, 0.3) is 0 Å². The molecule has 14 heavy (non-hydrogen) atoms. The number of rotatable bonds is 3. The molecule has 0 saturated carbocycles. The zero-order chi connectivity index (χ0) is 9.97. The third kappa shape index (κ3) is 2.25. The van der Waals surface area contributed by atoms with Gasteiger partial charge in [0.15, 0.2) is 0 Å². The number of aromatic amines is 1. The summed E-state index contributed by atoms with van der Waals surface area (Å²) in [4.78, 5) is 14.9. The summed E-state index contributed by atoms with van der Waals surface area (Å²) >= 11 is 1.51. The van der Waals surface area contributed by atoms with Crippen molar-refractivity contribution in [1.82, 2.24) is 15.2 Å². The average Bonchev–Trinajstić information content (AvgIpc) is 2.72. The lowest BCUT2D eigenvalue weighted by molar-refractivity contribution is -0.140. The maximum absolute atomic E-state index is 10.8. The highest BCUT2D eigenvalue weighted by Crippen LogP contribution is 2.21. The molecule has 1 aliphatic rings. The predicted octanol–water partition coefficient (Wildman–Crippen LogP) is 0.911. The smallest absolute Gasteiger partial charge is 0.306 e. The van der Waals surface area contributed by atoms with E-state index in [4.69, 9.17) is 4.74 Å². The van der Waals surface area contributed by atoms with Crippen LogP contribution in [0, 0.1) is 6.92 Å². The number of H-pyrrole nitrogens is 1. The number of carbonyl (C=O) groups excluding carboxylic acids is 1. The number of ether oxygens (including phenoxy) is 1. The number of thioether (sulfide) groups is 1. The first-order valence-corrected chi connectivity index (χ1v) is 5.44. The molecule has 0 aromatic carbocycles. The highest BCUT2D eigenvalue weighted by atomic mass is 32.2. The number of cyclic esters (lactones) is 1. The van der Waals surface area contributed by atoms with E-state index in [-0.39, 0.29) is 12.1 Å². The molecule has 6 heteroatoms. The summed E-state index contributed by atoms with van der Waals surface area (Å²) in [7, 11) is 0. The Morgan fingerprint density at radius 3 is 3.14 bits per heavy atom. The van der Waals surface area contributed by atoms with Crippen LogP contribution in [0.25, 0.3) is 0 Å². The topological polar surface area (TPSA) is 67.9 Å². The number of nitrogens with zero attached hydrogens (tertiary/aromatic N) is 2. The summed E-state index contributed by atoms with van der Waals surface area (Å²) in [5.74, 6) is 1.45. The lowest BCUT2D eigenvalue weighted by Crippen LogP contribution is -2.09. The van der Waals surface area contributed by atoms with Crippen LogP contribution in [0.5, 0.6) is 0 Å². The van der Waals surface area contributed by atoms with Crippen LogP contribution in [0.15, 0.2) is 5.16 Å². The van der Waals surface area contributed by atoms with E-state index in [0.717, 1.165) is 18.0 Å². The average molecular weight is 213 g/mol. The number of hydrogen-bond donors (Lipinski definition) is 1. The van der Waals surface area contributed by atoms with E-state index in [1.807, 2.05) is 6.92 Å². The molecule has 1 atom stereocenters. The van der Waals surface area contributed by atoms with Crippen LogP contribution in [0.3, 0.4) is 0 Å². The van der Waals surface area contributed by atoms with Gasteiger partial charge in [0, 0.05) is 12.2 Å². The standard InChI is InChI=1S/C8H11N3O2S/c1-5-9-8(11-10-5)14-4-6-2-3-7(12)13-6/h6H,2-4H2,1H3,(H,9,10,11). The van der Waals surface area contributed by atoms with Crippen molar-refractivity contribution >= 4 is 17.7 Å². The number of aryl methyl sites for hydroxylation is 1. The quantitative estimate of drug-likeness (QED) is 0.597. The lowest BCUT2D eigenvalue weighted by atomic mass is 10.3. The van der Waals surface area contributed by atoms with Crippen LogP contribution in [0.4, 0.5) is 0 Å². The Kier molecular flexibility index (Phi) is 2.72. The summed E-state index contributed by atoms with van der Waals surface area (Å²) in [6.45, 7) is 1.85. The van der Waals surface area contributed by atoms with Gasteiger partial charge in [-0.05, 0) is 13.3 Å². The molecule has 1 unspecified atom stereocenters. The number of aromatic nitrogens is 3. The highest BCUT2D eigenvalue weighted by Gasteiger charge is 2.23. The van der Waals surface area contributed by atoms with E-state index in [0.29, 0.717) is 11.6 Å². The predicted molar refractivity (Wildman–Crippen MR) is 51.0 cm³/mol. The molecule has 2 heterocycles. The third-order valence-corrected chi connectivity index (χ3v) is 2.92. The van der Waals surface area contributed by atoms with Gasteiger partial charge in [-0.25, -0.2) is 4.98 Å². The van der Waals surface area contributed by atoms with Crippen molar-refractivity contribution < 1.29 is 9.53 Å². The van der Waals surface area contributed by atoms with Crippen LogP contribution in [0.1, 0.15) is 18.7 Å². The second-order valence-corrected chi connectivity index (χ2v) is 4.15. The highest BCUT2D eigenvalue weighted by molar-refractivity contribution is 7.99. The van der Waals surface area contributed by atoms with Crippen molar-refractivity contribution in [1.29, 1.82) is 0 Å². The summed E-state index contributed by atoms with van der Waals surface area (Å²) in [6.07, 6.45) is 1.39. The molecular weight excluding hydrogens is 202 g/mol. The minimum absolute atomic E-state index is 0.0336. The molecule has 76 valence electrons. The van der Waals surface area contributed by atoms with Crippen molar-refractivity contribution in [2.24, 2.45) is 0 Å². The number of carbonyl (C=O) groups is 1. The van der Waals surface area contributed by atoms with Gasteiger partial charge >= 0.3 is 5.97 Å². The van der Waals surface area contributed by atoms with Crippen LogP contribution in [-0.4, -0.2) is 33.0 Å². The molecule has 1 fully saturated rings. The molecule has 1 aliphatic heterocycles. The summed E-state index contributed by atoms with van der Waals surface area (Å²) < 4.78 is 5.06. The van der Waals surface area contributed by atoms with Crippen molar-refractivity contribution in [2.75, 3.05) is 5.75 Å². The Hall–Kier alpha value is -1.04. The maximum atomic E-state index is 10.8. The van der Waals surface area contributed by atoms with Crippen LogP contribution in [0.2, 0.25) is 0 Å². The molecular formula is C8H11N3O2S. The van der Waals surface area contributed by atoms with Crippen molar-refractivity contribution in [3.63, 3.8) is 0 Å². The van der Waals surface area contributed by atoms with Crippen LogP contribution >= 0.6 is 11.8 Å². The maximum Gasteiger partial charge on any atom is 0.306 e. The van der Waals surface area contributed by atoms with Crippen molar-refractivity contribution in [2.45, 2.75) is 31.0 Å². The van der Waals surface area contributed by atoms with Gasteiger partial charge < -0.3 is 4.74 Å². The monoisotopic (exact) mass is 213 g/mol. The van der Waals surface area contributed by atoms with Crippen molar-refractivity contribution in [3.8, 4) is 0 Å². The summed E-state index contributed by atoms with van der Waals surface area (Å²) in [6, 6.07) is 0. The zero-order valence-electron chi connectivity index (χ0n) is 7.82. The second kappa shape index (κ2) is 4.00. The molecule has 0 aliphatic carbocycles. The van der Waals surface area contributed by atoms with E-state index in [1.54, 1.807) is 0 Å². The fourth-order valence-corrected chi connectivity index (χ4v) is 2.14. The van der Waals surface area contributed by atoms with Gasteiger partial charge in [0.05, 0.1) is 0 Å². The van der Waals surface area contributed by atoms with Gasteiger partial charge in [-0.1, -0.05) is 11.8 Å². The van der Waals surface area contributed by atoms with Gasteiger partial charge in [0.1, 0.15) is 11.9 Å². The lowest BCUT2D eigenvalue weighted by Gasteiger charge is -2.05.